The zero-order valence-corrected chi connectivity index (χ0v) is 15.2. The molecule has 1 atom stereocenters. The Hall–Kier alpha value is -0.820. The van der Waals surface area contributed by atoms with Crippen LogP contribution in [0, 0.1) is 5.92 Å². The molecule has 1 fully saturated rings. The number of halogens is 2. The van der Waals surface area contributed by atoms with Crippen molar-refractivity contribution in [3.8, 4) is 0 Å². The maximum atomic E-state index is 12.2. The average Bonchev–Trinajstić information content (AvgIpc) is 2.98. The zero-order valence-electron chi connectivity index (χ0n) is 13.6. The minimum absolute atomic E-state index is 0. The number of nitrogens with one attached hydrogen (secondary N) is 1. The van der Waals surface area contributed by atoms with Crippen molar-refractivity contribution in [2.24, 2.45) is 11.7 Å². The van der Waals surface area contributed by atoms with Gasteiger partial charge in [-0.2, -0.15) is 0 Å². The zero-order chi connectivity index (χ0) is 15.1. The fourth-order valence-electron chi connectivity index (χ4n) is 2.89. The van der Waals surface area contributed by atoms with Crippen LogP contribution in [0.5, 0.6) is 0 Å². The smallest absolute Gasteiger partial charge is 0.237 e. The van der Waals surface area contributed by atoms with Crippen molar-refractivity contribution < 1.29 is 9.53 Å². The fraction of sp³-hybridized carbons (Fsp3) is 0.733. The number of nitrogens with two attached hydrogens (primary N) is 1. The highest BCUT2D eigenvalue weighted by molar-refractivity contribution is 5.85. The van der Waals surface area contributed by atoms with Crippen molar-refractivity contribution in [2.75, 3.05) is 13.7 Å². The molecule has 0 unspecified atom stereocenters. The van der Waals surface area contributed by atoms with Gasteiger partial charge in [0.25, 0.3) is 0 Å². The van der Waals surface area contributed by atoms with E-state index in [2.05, 4.69) is 10.3 Å². The number of hydrogen-bond acceptors (Lipinski definition) is 4. The topological polar surface area (TPSA) is 82.2 Å². The molecule has 1 aliphatic carbocycles. The van der Waals surface area contributed by atoms with E-state index in [4.69, 9.17) is 10.5 Å². The van der Waals surface area contributed by atoms with E-state index >= 15 is 0 Å². The lowest BCUT2D eigenvalue weighted by Crippen LogP contribution is -2.46. The molecule has 1 saturated carbocycles. The molecule has 1 aliphatic rings. The maximum Gasteiger partial charge on any atom is 0.237 e. The van der Waals surface area contributed by atoms with Crippen molar-refractivity contribution in [3.63, 3.8) is 0 Å². The van der Waals surface area contributed by atoms with Crippen LogP contribution in [0.1, 0.15) is 37.8 Å². The van der Waals surface area contributed by atoms with Crippen LogP contribution < -0.4 is 11.1 Å². The lowest BCUT2D eigenvalue weighted by atomic mass is 9.84. The first-order valence-electron chi connectivity index (χ1n) is 7.73. The molecule has 0 saturated heterocycles. The Morgan fingerprint density at radius 1 is 1.43 bits per heavy atom. The molecule has 1 aromatic heterocycles. The number of nitrogens with zero attached hydrogens (tertiary/aromatic N) is 2. The summed E-state index contributed by atoms with van der Waals surface area (Å²) in [5, 5.41) is 2.93. The van der Waals surface area contributed by atoms with E-state index in [1.165, 1.54) is 19.3 Å². The first kappa shape index (κ1) is 22.2. The molecular weight excluding hydrogens is 339 g/mol. The van der Waals surface area contributed by atoms with E-state index in [1.54, 1.807) is 19.6 Å². The highest BCUT2D eigenvalue weighted by Crippen LogP contribution is 2.25. The third kappa shape index (κ3) is 6.67. The quantitative estimate of drug-likeness (QED) is 0.771. The molecule has 1 amide bonds. The van der Waals surface area contributed by atoms with Gasteiger partial charge in [-0.05, 0) is 18.8 Å². The summed E-state index contributed by atoms with van der Waals surface area (Å²) in [5.41, 5.74) is 7.06. The average molecular weight is 367 g/mol. The van der Waals surface area contributed by atoms with Crippen LogP contribution in [0.25, 0.3) is 0 Å². The number of imidazole rings is 1. The van der Waals surface area contributed by atoms with Crippen LogP contribution in [-0.2, 0) is 22.6 Å². The second kappa shape index (κ2) is 11.7. The molecule has 134 valence electrons. The van der Waals surface area contributed by atoms with E-state index in [-0.39, 0.29) is 36.8 Å². The molecular formula is C15H28Cl2N4O2. The third-order valence-corrected chi connectivity index (χ3v) is 4.24. The van der Waals surface area contributed by atoms with Gasteiger partial charge in [-0.1, -0.05) is 19.3 Å². The van der Waals surface area contributed by atoms with Crippen LogP contribution in [0.4, 0.5) is 0 Å². The monoisotopic (exact) mass is 366 g/mol. The summed E-state index contributed by atoms with van der Waals surface area (Å²) in [6.07, 6.45) is 9.30. The molecule has 0 radical (unpaired) electrons. The molecule has 8 heteroatoms. The number of aromatic nitrogens is 2. The molecule has 1 aromatic rings. The maximum absolute atomic E-state index is 12.2. The Kier molecular flexibility index (Phi) is 11.3. The Labute approximate surface area is 150 Å². The first-order valence-corrected chi connectivity index (χ1v) is 7.73. The molecule has 2 rings (SSSR count). The number of methoxy groups -OCH3 is 1. The van der Waals surface area contributed by atoms with Crippen LogP contribution in [0.15, 0.2) is 12.5 Å². The minimum Gasteiger partial charge on any atom is -0.383 e. The van der Waals surface area contributed by atoms with Gasteiger partial charge in [0.1, 0.15) is 0 Å². The molecule has 0 aromatic carbocycles. The van der Waals surface area contributed by atoms with Crippen molar-refractivity contribution in [1.29, 1.82) is 0 Å². The largest absolute Gasteiger partial charge is 0.383 e. The van der Waals surface area contributed by atoms with Gasteiger partial charge in [0, 0.05) is 19.9 Å². The molecule has 0 spiro atoms. The number of carbonyl (C=O) groups is 1. The Morgan fingerprint density at radius 2 is 2.13 bits per heavy atom. The number of hydrogen-bond donors (Lipinski definition) is 2. The van der Waals surface area contributed by atoms with Crippen molar-refractivity contribution >= 4 is 30.7 Å². The van der Waals surface area contributed by atoms with Gasteiger partial charge in [0.15, 0.2) is 0 Å². The van der Waals surface area contributed by atoms with E-state index in [9.17, 15) is 4.79 Å². The molecule has 23 heavy (non-hydrogen) atoms. The number of ether oxygens (including phenoxy) is 1. The van der Waals surface area contributed by atoms with E-state index in [0.29, 0.717) is 19.1 Å². The lowest BCUT2D eigenvalue weighted by Gasteiger charge is -2.26. The second-order valence-electron chi connectivity index (χ2n) is 5.71. The van der Waals surface area contributed by atoms with E-state index < -0.39 is 0 Å². The minimum atomic E-state index is -0.388. The second-order valence-corrected chi connectivity index (χ2v) is 5.71. The van der Waals surface area contributed by atoms with Gasteiger partial charge in [-0.25, -0.2) is 4.98 Å². The molecule has 3 N–H and O–H groups in total. The number of carbonyl (C=O) groups excluding carboxylic acids is 1. The molecule has 1 heterocycles. The van der Waals surface area contributed by atoms with Crippen LogP contribution in [0.3, 0.4) is 0 Å². The standard InChI is InChI=1S/C15H26N4O2.2ClH/c1-21-8-7-19-11-17-9-13(19)10-18-15(20)14(16)12-5-3-2-4-6-12;;/h9,11-12,14H,2-8,10,16H2,1H3,(H,18,20);2*1H/t14-;;/m0../s1. The third-order valence-electron chi connectivity index (χ3n) is 4.24. The van der Waals surface area contributed by atoms with Gasteiger partial charge < -0.3 is 20.4 Å². The number of amides is 1. The van der Waals surface area contributed by atoms with Crippen molar-refractivity contribution in [1.82, 2.24) is 14.9 Å². The van der Waals surface area contributed by atoms with Crippen molar-refractivity contribution in [2.45, 2.75) is 51.2 Å². The summed E-state index contributed by atoms with van der Waals surface area (Å²) in [7, 11) is 1.67. The summed E-state index contributed by atoms with van der Waals surface area (Å²) < 4.78 is 7.04. The lowest BCUT2D eigenvalue weighted by molar-refractivity contribution is -0.124. The highest BCUT2D eigenvalue weighted by Gasteiger charge is 2.25. The summed E-state index contributed by atoms with van der Waals surface area (Å²) >= 11 is 0. The Balaban J connectivity index is 0.00000242. The summed E-state index contributed by atoms with van der Waals surface area (Å²) in [5.74, 6) is 0.276. The van der Waals surface area contributed by atoms with Crippen LogP contribution >= 0.6 is 24.8 Å². The molecule has 0 aliphatic heterocycles. The Bertz CT molecular complexity index is 450. The summed E-state index contributed by atoms with van der Waals surface area (Å²) in [6.45, 7) is 1.82. The van der Waals surface area contributed by atoms with Crippen LogP contribution in [0.2, 0.25) is 0 Å². The summed E-state index contributed by atoms with van der Waals surface area (Å²) in [6, 6.07) is -0.388. The first-order chi connectivity index (χ1) is 10.2. The molecule has 0 bridgehead atoms. The Morgan fingerprint density at radius 3 is 2.78 bits per heavy atom. The SMILES string of the molecule is COCCn1cncc1CNC(=O)[C@@H](N)C1CCCCC1.Cl.Cl. The molecule has 6 nitrogen and oxygen atoms in total. The van der Waals surface area contributed by atoms with Gasteiger partial charge in [0.05, 0.1) is 31.2 Å². The number of rotatable bonds is 7. The summed E-state index contributed by atoms with van der Waals surface area (Å²) in [4.78, 5) is 16.3. The van der Waals surface area contributed by atoms with Gasteiger partial charge >= 0.3 is 0 Å². The highest BCUT2D eigenvalue weighted by atomic mass is 35.5. The fourth-order valence-corrected chi connectivity index (χ4v) is 2.89. The van der Waals surface area contributed by atoms with Crippen molar-refractivity contribution in [3.05, 3.63) is 18.2 Å². The van der Waals surface area contributed by atoms with E-state index in [1.807, 2.05) is 4.57 Å². The van der Waals surface area contributed by atoms with Gasteiger partial charge in [0.2, 0.25) is 5.91 Å². The normalized spacial score (nSPS) is 16.1. The predicted octanol–water partition coefficient (Wildman–Crippen LogP) is 1.90. The van der Waals surface area contributed by atoms with Gasteiger partial charge in [-0.15, -0.1) is 24.8 Å². The predicted molar refractivity (Wildman–Crippen MR) is 95.0 cm³/mol. The van der Waals surface area contributed by atoms with Crippen LogP contribution in [-0.4, -0.2) is 35.2 Å². The van der Waals surface area contributed by atoms with Gasteiger partial charge in [-0.3, -0.25) is 4.79 Å². The van der Waals surface area contributed by atoms with E-state index in [0.717, 1.165) is 25.1 Å².